The van der Waals surface area contributed by atoms with E-state index in [0.29, 0.717) is 30.4 Å². The second kappa shape index (κ2) is 7.21. The van der Waals surface area contributed by atoms with Gasteiger partial charge in [0.25, 0.3) is 0 Å². The molecule has 6 nitrogen and oxygen atoms in total. The topological polar surface area (TPSA) is 71.3 Å². The molecule has 2 amide bonds. The average molecular weight is 350 g/mol. The van der Waals surface area contributed by atoms with Gasteiger partial charge in [-0.1, -0.05) is 11.2 Å². The SMILES string of the molecule is CSCc1noc(CNC(=O)N2CCc3ccc(F)cc3[C@@H]2C)n1. The molecule has 1 aliphatic rings. The Bertz CT molecular complexity index is 737. The van der Waals surface area contributed by atoms with E-state index in [2.05, 4.69) is 15.5 Å². The van der Waals surface area contributed by atoms with E-state index in [0.717, 1.165) is 11.1 Å². The van der Waals surface area contributed by atoms with Gasteiger partial charge in [-0.15, -0.1) is 0 Å². The van der Waals surface area contributed by atoms with Crippen LogP contribution in [0.4, 0.5) is 9.18 Å². The van der Waals surface area contributed by atoms with Crippen molar-refractivity contribution in [3.05, 3.63) is 46.9 Å². The minimum absolute atomic E-state index is 0.180. The first-order valence-electron chi connectivity index (χ1n) is 7.71. The number of carbonyl (C=O) groups is 1. The molecule has 128 valence electrons. The predicted molar refractivity (Wildman–Crippen MR) is 89.0 cm³/mol. The van der Waals surface area contributed by atoms with E-state index in [-0.39, 0.29) is 24.4 Å². The van der Waals surface area contributed by atoms with Crippen molar-refractivity contribution in [1.82, 2.24) is 20.4 Å². The Labute approximate surface area is 143 Å². The van der Waals surface area contributed by atoms with Crippen molar-refractivity contribution in [2.45, 2.75) is 31.7 Å². The van der Waals surface area contributed by atoms with Crippen LogP contribution in [0, 0.1) is 5.82 Å². The van der Waals surface area contributed by atoms with E-state index in [1.54, 1.807) is 22.7 Å². The molecule has 0 saturated carbocycles. The Balaban J connectivity index is 1.62. The van der Waals surface area contributed by atoms with Crippen LogP contribution < -0.4 is 5.32 Å². The maximum atomic E-state index is 13.5. The van der Waals surface area contributed by atoms with Gasteiger partial charge in [-0.25, -0.2) is 9.18 Å². The Morgan fingerprint density at radius 1 is 1.54 bits per heavy atom. The summed E-state index contributed by atoms with van der Waals surface area (Å²) in [5, 5.41) is 6.63. The van der Waals surface area contributed by atoms with E-state index >= 15 is 0 Å². The molecule has 0 unspecified atom stereocenters. The zero-order chi connectivity index (χ0) is 17.1. The van der Waals surface area contributed by atoms with E-state index in [4.69, 9.17) is 4.52 Å². The zero-order valence-electron chi connectivity index (χ0n) is 13.6. The van der Waals surface area contributed by atoms with Gasteiger partial charge in [-0.3, -0.25) is 0 Å². The molecule has 0 fully saturated rings. The molecule has 1 aromatic carbocycles. The van der Waals surface area contributed by atoms with Gasteiger partial charge in [-0.05, 0) is 42.9 Å². The fourth-order valence-electron chi connectivity index (χ4n) is 2.86. The van der Waals surface area contributed by atoms with Gasteiger partial charge in [0.1, 0.15) is 5.82 Å². The molecule has 0 saturated heterocycles. The Morgan fingerprint density at radius 2 is 2.38 bits per heavy atom. The van der Waals surface area contributed by atoms with E-state index in [1.807, 2.05) is 13.2 Å². The summed E-state index contributed by atoms with van der Waals surface area (Å²) in [6.45, 7) is 2.67. The number of urea groups is 1. The maximum absolute atomic E-state index is 13.5. The zero-order valence-corrected chi connectivity index (χ0v) is 14.4. The molecular weight excluding hydrogens is 331 g/mol. The van der Waals surface area contributed by atoms with Crippen molar-refractivity contribution >= 4 is 17.8 Å². The Morgan fingerprint density at radius 3 is 3.17 bits per heavy atom. The van der Waals surface area contributed by atoms with Gasteiger partial charge < -0.3 is 14.7 Å². The van der Waals surface area contributed by atoms with Crippen molar-refractivity contribution in [3.8, 4) is 0 Å². The summed E-state index contributed by atoms with van der Waals surface area (Å²) in [6, 6.07) is 4.36. The summed E-state index contributed by atoms with van der Waals surface area (Å²) in [7, 11) is 0. The number of hydrogen-bond donors (Lipinski definition) is 1. The highest BCUT2D eigenvalue weighted by Crippen LogP contribution is 2.29. The van der Waals surface area contributed by atoms with E-state index in [1.165, 1.54) is 12.1 Å². The second-order valence-electron chi connectivity index (χ2n) is 5.66. The molecule has 0 aliphatic carbocycles. The third kappa shape index (κ3) is 3.53. The summed E-state index contributed by atoms with van der Waals surface area (Å²) in [6.07, 6.45) is 2.67. The molecular formula is C16H19FN4O2S. The van der Waals surface area contributed by atoms with Gasteiger partial charge in [0.05, 0.1) is 18.3 Å². The van der Waals surface area contributed by atoms with Crippen LogP contribution in [0.1, 0.15) is 35.8 Å². The number of fused-ring (bicyclic) bond motifs is 1. The van der Waals surface area contributed by atoms with Crippen LogP contribution in [0.2, 0.25) is 0 Å². The van der Waals surface area contributed by atoms with Gasteiger partial charge >= 0.3 is 6.03 Å². The van der Waals surface area contributed by atoms with Crippen molar-refractivity contribution in [1.29, 1.82) is 0 Å². The number of nitrogens with one attached hydrogen (secondary N) is 1. The highest BCUT2D eigenvalue weighted by molar-refractivity contribution is 7.97. The van der Waals surface area contributed by atoms with Crippen LogP contribution in [0.25, 0.3) is 0 Å². The van der Waals surface area contributed by atoms with Gasteiger partial charge in [-0.2, -0.15) is 16.7 Å². The highest BCUT2D eigenvalue weighted by Gasteiger charge is 2.28. The molecule has 0 radical (unpaired) electrons. The molecule has 1 N–H and O–H groups in total. The van der Waals surface area contributed by atoms with E-state index < -0.39 is 0 Å². The Hall–Kier alpha value is -2.09. The van der Waals surface area contributed by atoms with Crippen LogP contribution >= 0.6 is 11.8 Å². The molecule has 0 spiro atoms. The summed E-state index contributed by atoms with van der Waals surface area (Å²) >= 11 is 1.60. The molecule has 1 atom stereocenters. The number of benzene rings is 1. The first-order chi connectivity index (χ1) is 11.6. The predicted octanol–water partition coefficient (Wildman–Crippen LogP) is 2.90. The van der Waals surface area contributed by atoms with E-state index in [9.17, 15) is 9.18 Å². The van der Waals surface area contributed by atoms with Crippen molar-refractivity contribution in [3.63, 3.8) is 0 Å². The summed E-state index contributed by atoms with van der Waals surface area (Å²) in [5.41, 5.74) is 1.95. The lowest BCUT2D eigenvalue weighted by molar-refractivity contribution is 0.172. The monoisotopic (exact) mass is 350 g/mol. The number of carbonyl (C=O) groups excluding carboxylic acids is 1. The number of halogens is 1. The normalized spacial score (nSPS) is 16.8. The third-order valence-electron chi connectivity index (χ3n) is 4.08. The smallest absolute Gasteiger partial charge is 0.318 e. The number of hydrogen-bond acceptors (Lipinski definition) is 5. The van der Waals surface area contributed by atoms with Crippen LogP contribution in [0.5, 0.6) is 0 Å². The van der Waals surface area contributed by atoms with Crippen molar-refractivity contribution in [2.75, 3.05) is 12.8 Å². The maximum Gasteiger partial charge on any atom is 0.318 e. The standard InChI is InChI=1S/C16H19FN4O2S/c1-10-13-7-12(17)4-3-11(13)5-6-21(10)16(22)18-8-15-19-14(9-24-2)20-23-15/h3-4,7,10H,5-6,8-9H2,1-2H3,(H,18,22)/t10-/m0/s1. The lowest BCUT2D eigenvalue weighted by Crippen LogP contribution is -2.44. The molecule has 2 aromatic rings. The highest BCUT2D eigenvalue weighted by atomic mass is 32.2. The summed E-state index contributed by atoms with van der Waals surface area (Å²) < 4.78 is 18.6. The van der Waals surface area contributed by atoms with Crippen molar-refractivity contribution < 1.29 is 13.7 Å². The number of amides is 2. The molecule has 24 heavy (non-hydrogen) atoms. The fourth-order valence-corrected chi connectivity index (χ4v) is 3.24. The molecule has 0 bridgehead atoms. The molecule has 2 heterocycles. The first-order valence-corrected chi connectivity index (χ1v) is 9.11. The quantitative estimate of drug-likeness (QED) is 0.918. The lowest BCUT2D eigenvalue weighted by Gasteiger charge is -2.35. The molecule has 3 rings (SSSR count). The van der Waals surface area contributed by atoms with Crippen LogP contribution in [-0.2, 0) is 18.7 Å². The number of aromatic nitrogens is 2. The molecule has 8 heteroatoms. The van der Waals surface area contributed by atoms with Crippen LogP contribution in [0.3, 0.4) is 0 Å². The van der Waals surface area contributed by atoms with Gasteiger partial charge in [0, 0.05) is 6.54 Å². The minimum atomic E-state index is -0.282. The minimum Gasteiger partial charge on any atom is -0.337 e. The second-order valence-corrected chi connectivity index (χ2v) is 6.52. The lowest BCUT2D eigenvalue weighted by atomic mass is 9.94. The third-order valence-corrected chi connectivity index (χ3v) is 4.63. The average Bonchev–Trinajstić information content (AvgIpc) is 3.01. The van der Waals surface area contributed by atoms with Crippen molar-refractivity contribution in [2.24, 2.45) is 0 Å². The molecule has 1 aromatic heterocycles. The first kappa shape index (κ1) is 16.8. The van der Waals surface area contributed by atoms with Crippen LogP contribution in [-0.4, -0.2) is 33.9 Å². The van der Waals surface area contributed by atoms with Gasteiger partial charge in [0.2, 0.25) is 5.89 Å². The van der Waals surface area contributed by atoms with Crippen LogP contribution in [0.15, 0.2) is 22.7 Å². The molecule has 1 aliphatic heterocycles. The number of rotatable bonds is 4. The number of nitrogens with zero attached hydrogens (tertiary/aromatic N) is 3. The van der Waals surface area contributed by atoms with Gasteiger partial charge in [0.15, 0.2) is 5.82 Å². The largest absolute Gasteiger partial charge is 0.337 e. The Kier molecular flexibility index (Phi) is 5.03. The summed E-state index contributed by atoms with van der Waals surface area (Å²) in [4.78, 5) is 18.3. The number of thioether (sulfide) groups is 1. The fraction of sp³-hybridized carbons (Fsp3) is 0.438. The summed E-state index contributed by atoms with van der Waals surface area (Å²) in [5.74, 6) is 1.38.